The highest BCUT2D eigenvalue weighted by Crippen LogP contribution is 2.37. The van der Waals surface area contributed by atoms with Crippen molar-refractivity contribution in [2.24, 2.45) is 10.7 Å². The van der Waals surface area contributed by atoms with Crippen molar-refractivity contribution in [3.05, 3.63) is 30.0 Å². The minimum Gasteiger partial charge on any atom is -0.497 e. The van der Waals surface area contributed by atoms with E-state index in [9.17, 15) is 0 Å². The van der Waals surface area contributed by atoms with E-state index in [1.165, 1.54) is 0 Å². The van der Waals surface area contributed by atoms with Gasteiger partial charge in [0.1, 0.15) is 5.75 Å². The topological polar surface area (TPSA) is 75.3 Å². The molecule has 0 aromatic heterocycles. The second-order valence-electron chi connectivity index (χ2n) is 7.59. The van der Waals surface area contributed by atoms with Crippen LogP contribution < -0.4 is 15.9 Å². The normalized spacial score (nSPS) is 19.4. The third kappa shape index (κ3) is 4.54. The molecule has 0 atom stereocenters. The van der Waals surface area contributed by atoms with Crippen LogP contribution in [0.1, 0.15) is 40.2 Å². The van der Waals surface area contributed by atoms with E-state index in [-0.39, 0.29) is 0 Å². The Bertz CT molecular complexity index is 713. The number of methoxy groups -OCH3 is 2. The Morgan fingerprint density at radius 2 is 1.81 bits per heavy atom. The van der Waals surface area contributed by atoms with Gasteiger partial charge in [0.15, 0.2) is 0 Å². The summed E-state index contributed by atoms with van der Waals surface area (Å²) in [4.78, 5) is 4.51. The number of rotatable bonds is 7. The van der Waals surface area contributed by atoms with Crippen LogP contribution in [0.2, 0.25) is 0 Å². The third-order valence-electron chi connectivity index (χ3n) is 5.25. The largest absolute Gasteiger partial charge is 0.498 e. The van der Waals surface area contributed by atoms with Crippen LogP contribution in [-0.2, 0) is 14.0 Å². The summed E-state index contributed by atoms with van der Waals surface area (Å²) in [6.45, 7) is 11.2. The SMILES string of the molecule is COCCN=C(C)/C(=C\N)c1ccc(B2OC(C)(C)C(C)(C)O2)c(OC)c1. The summed E-state index contributed by atoms with van der Waals surface area (Å²) in [6, 6.07) is 5.88. The Morgan fingerprint density at radius 3 is 2.33 bits per heavy atom. The molecule has 0 unspecified atom stereocenters. The first-order valence-corrected chi connectivity index (χ1v) is 9.13. The van der Waals surface area contributed by atoms with Crippen LogP contribution >= 0.6 is 0 Å². The molecular weight excluding hydrogens is 343 g/mol. The van der Waals surface area contributed by atoms with Crippen LogP contribution in [0.15, 0.2) is 29.4 Å². The molecule has 1 saturated heterocycles. The molecule has 1 aliphatic rings. The van der Waals surface area contributed by atoms with Gasteiger partial charge in [0, 0.05) is 30.1 Å². The van der Waals surface area contributed by atoms with E-state index < -0.39 is 18.3 Å². The summed E-state index contributed by atoms with van der Waals surface area (Å²) >= 11 is 0. The number of nitrogens with zero attached hydrogens (tertiary/aromatic N) is 1. The fraction of sp³-hybridized carbons (Fsp3) is 0.550. The van der Waals surface area contributed by atoms with Crippen molar-refractivity contribution in [2.75, 3.05) is 27.4 Å². The van der Waals surface area contributed by atoms with E-state index in [1.807, 2.05) is 52.8 Å². The van der Waals surface area contributed by atoms with Gasteiger partial charge in [0.2, 0.25) is 0 Å². The number of allylic oxidation sites excluding steroid dienone is 1. The van der Waals surface area contributed by atoms with Crippen molar-refractivity contribution in [1.29, 1.82) is 0 Å². The molecule has 2 N–H and O–H groups in total. The van der Waals surface area contributed by atoms with Gasteiger partial charge in [-0.2, -0.15) is 0 Å². The van der Waals surface area contributed by atoms with Crippen LogP contribution in [0.4, 0.5) is 0 Å². The molecule has 1 fully saturated rings. The lowest BCUT2D eigenvalue weighted by Crippen LogP contribution is -2.41. The smallest absolute Gasteiger partial charge is 0.497 e. The van der Waals surface area contributed by atoms with Crippen molar-refractivity contribution in [1.82, 2.24) is 0 Å². The molecular formula is C20H31BN2O4. The first-order valence-electron chi connectivity index (χ1n) is 9.13. The van der Waals surface area contributed by atoms with E-state index in [4.69, 9.17) is 24.5 Å². The summed E-state index contributed by atoms with van der Waals surface area (Å²) in [7, 11) is 2.81. The van der Waals surface area contributed by atoms with Crippen LogP contribution in [0, 0.1) is 0 Å². The molecule has 0 amide bonds. The molecule has 0 bridgehead atoms. The summed E-state index contributed by atoms with van der Waals surface area (Å²) < 4.78 is 23.0. The Morgan fingerprint density at radius 1 is 1.19 bits per heavy atom. The summed E-state index contributed by atoms with van der Waals surface area (Å²) in [5.74, 6) is 0.690. The first kappa shape index (κ1) is 21.5. The number of hydrogen-bond donors (Lipinski definition) is 1. The molecule has 0 aliphatic carbocycles. The van der Waals surface area contributed by atoms with Crippen molar-refractivity contribution in [3.8, 4) is 5.75 Å². The van der Waals surface area contributed by atoms with Gasteiger partial charge in [0.05, 0.1) is 31.5 Å². The number of benzene rings is 1. The lowest BCUT2D eigenvalue weighted by molar-refractivity contribution is 0.00578. The maximum Gasteiger partial charge on any atom is 0.498 e. The van der Waals surface area contributed by atoms with E-state index >= 15 is 0 Å². The summed E-state index contributed by atoms with van der Waals surface area (Å²) in [5, 5.41) is 0. The highest BCUT2D eigenvalue weighted by atomic mass is 16.7. The predicted octanol–water partition coefficient (Wildman–Crippen LogP) is 2.40. The Labute approximate surface area is 162 Å². The molecule has 0 spiro atoms. The zero-order chi connectivity index (χ0) is 20.2. The standard InChI is InChI=1S/C20H31BN2O4/c1-14(23-10-11-24-6)16(13-22)15-8-9-17(18(12-15)25-7)21-26-19(2,3)20(4,5)27-21/h8-9,12-13H,10-11,22H2,1-7H3/b16-13+,23-14?. The maximum atomic E-state index is 6.15. The third-order valence-corrected chi connectivity index (χ3v) is 5.25. The van der Waals surface area contributed by atoms with Gasteiger partial charge in [-0.15, -0.1) is 0 Å². The first-order chi connectivity index (χ1) is 12.7. The predicted molar refractivity (Wildman–Crippen MR) is 111 cm³/mol. The van der Waals surface area contributed by atoms with Crippen LogP contribution in [-0.4, -0.2) is 51.4 Å². The van der Waals surface area contributed by atoms with E-state index in [1.54, 1.807) is 20.4 Å². The molecule has 2 rings (SSSR count). The molecule has 27 heavy (non-hydrogen) atoms. The average molecular weight is 374 g/mol. The number of hydrogen-bond acceptors (Lipinski definition) is 6. The van der Waals surface area contributed by atoms with E-state index in [0.717, 1.165) is 22.3 Å². The fourth-order valence-electron chi connectivity index (χ4n) is 2.86. The molecule has 0 radical (unpaired) electrons. The summed E-state index contributed by atoms with van der Waals surface area (Å²) in [5.41, 5.74) is 8.53. The van der Waals surface area contributed by atoms with Crippen molar-refractivity contribution < 1.29 is 18.8 Å². The van der Waals surface area contributed by atoms with Gasteiger partial charge in [-0.3, -0.25) is 4.99 Å². The lowest BCUT2D eigenvalue weighted by atomic mass is 9.77. The fourth-order valence-corrected chi connectivity index (χ4v) is 2.86. The zero-order valence-electron chi connectivity index (χ0n) is 17.5. The molecule has 0 saturated carbocycles. The van der Waals surface area contributed by atoms with E-state index in [0.29, 0.717) is 18.9 Å². The highest BCUT2D eigenvalue weighted by Gasteiger charge is 2.52. The molecule has 1 aromatic rings. The molecule has 1 heterocycles. The number of nitrogens with two attached hydrogens (primary N) is 1. The molecule has 148 valence electrons. The molecule has 6 nitrogen and oxygen atoms in total. The van der Waals surface area contributed by atoms with Crippen molar-refractivity contribution >= 4 is 23.9 Å². The molecule has 1 aromatic carbocycles. The van der Waals surface area contributed by atoms with Crippen LogP contribution in [0.3, 0.4) is 0 Å². The second kappa shape index (κ2) is 8.46. The minimum atomic E-state index is -0.485. The van der Waals surface area contributed by atoms with Crippen molar-refractivity contribution in [2.45, 2.75) is 45.8 Å². The number of ether oxygens (including phenoxy) is 2. The molecule has 7 heteroatoms. The van der Waals surface area contributed by atoms with Gasteiger partial charge < -0.3 is 24.5 Å². The van der Waals surface area contributed by atoms with Gasteiger partial charge in [-0.05, 0) is 46.2 Å². The van der Waals surface area contributed by atoms with Gasteiger partial charge in [0.25, 0.3) is 0 Å². The Kier molecular flexibility index (Phi) is 6.73. The van der Waals surface area contributed by atoms with Crippen LogP contribution in [0.25, 0.3) is 5.57 Å². The van der Waals surface area contributed by atoms with E-state index in [2.05, 4.69) is 4.99 Å². The number of aliphatic imine (C=N–C) groups is 1. The quantitative estimate of drug-likeness (QED) is 0.451. The zero-order valence-corrected chi connectivity index (χ0v) is 17.5. The van der Waals surface area contributed by atoms with Crippen molar-refractivity contribution in [3.63, 3.8) is 0 Å². The molecule has 1 aliphatic heterocycles. The monoisotopic (exact) mass is 374 g/mol. The minimum absolute atomic E-state index is 0.408. The van der Waals surface area contributed by atoms with Crippen LogP contribution in [0.5, 0.6) is 5.75 Å². The summed E-state index contributed by atoms with van der Waals surface area (Å²) in [6.07, 6.45) is 1.56. The average Bonchev–Trinajstić information content (AvgIpc) is 2.83. The Hall–Kier alpha value is -1.83. The Balaban J connectivity index is 2.32. The second-order valence-corrected chi connectivity index (χ2v) is 7.59. The highest BCUT2D eigenvalue weighted by molar-refractivity contribution is 6.63. The van der Waals surface area contributed by atoms with Gasteiger partial charge >= 0.3 is 7.12 Å². The van der Waals surface area contributed by atoms with Gasteiger partial charge in [-0.25, -0.2) is 0 Å². The van der Waals surface area contributed by atoms with Gasteiger partial charge in [-0.1, -0.05) is 12.1 Å². The lowest BCUT2D eigenvalue weighted by Gasteiger charge is -2.32. The maximum absolute atomic E-state index is 6.15.